The second-order valence-electron chi connectivity index (χ2n) is 6.60. The second-order valence-corrected chi connectivity index (χ2v) is 6.60. The number of ether oxygens (including phenoxy) is 1. The second kappa shape index (κ2) is 6.71. The van der Waals surface area contributed by atoms with E-state index in [9.17, 15) is 9.90 Å². The number of carboxylic acid groups (broad SMARTS) is 1. The maximum Gasteiger partial charge on any atom is 0.326 e. The largest absolute Gasteiger partial charge is 0.480 e. The lowest BCUT2D eigenvalue weighted by atomic mass is 9.93. The van der Waals surface area contributed by atoms with Crippen molar-refractivity contribution in [1.82, 2.24) is 5.32 Å². The lowest BCUT2D eigenvalue weighted by molar-refractivity contribution is -0.151. The molecule has 1 saturated carbocycles. The Morgan fingerprint density at radius 2 is 1.89 bits per heavy atom. The molecule has 0 bridgehead atoms. The maximum atomic E-state index is 11.7. The van der Waals surface area contributed by atoms with Gasteiger partial charge in [-0.15, -0.1) is 0 Å². The topological polar surface area (TPSA) is 58.6 Å². The summed E-state index contributed by atoms with van der Waals surface area (Å²) in [5.74, 6) is -0.00712. The Bertz CT molecular complexity index is 300. The van der Waals surface area contributed by atoms with Crippen molar-refractivity contribution in [1.29, 1.82) is 0 Å². The lowest BCUT2D eigenvalue weighted by Gasteiger charge is -2.34. The molecule has 4 heteroatoms. The smallest absolute Gasteiger partial charge is 0.326 e. The van der Waals surface area contributed by atoms with Gasteiger partial charge in [0.25, 0.3) is 0 Å². The average Bonchev–Trinajstić information content (AvgIpc) is 3.06. The van der Waals surface area contributed by atoms with Crippen LogP contribution in [0.2, 0.25) is 0 Å². The minimum absolute atomic E-state index is 0.103. The van der Waals surface area contributed by atoms with Crippen molar-refractivity contribution < 1.29 is 14.6 Å². The van der Waals surface area contributed by atoms with Crippen LogP contribution in [-0.4, -0.2) is 35.4 Å². The zero-order valence-corrected chi connectivity index (χ0v) is 12.9. The summed E-state index contributed by atoms with van der Waals surface area (Å²) in [6, 6.07) is 0.140. The highest BCUT2D eigenvalue weighted by Gasteiger charge is 2.52. The van der Waals surface area contributed by atoms with Crippen LogP contribution in [-0.2, 0) is 9.53 Å². The molecule has 2 atom stereocenters. The van der Waals surface area contributed by atoms with Gasteiger partial charge in [0.15, 0.2) is 0 Å². The molecule has 19 heavy (non-hydrogen) atoms. The molecular weight excluding hydrogens is 242 g/mol. The molecule has 0 heterocycles. The molecule has 1 rings (SSSR count). The summed E-state index contributed by atoms with van der Waals surface area (Å²) < 4.78 is 5.84. The molecule has 2 unspecified atom stereocenters. The van der Waals surface area contributed by atoms with Gasteiger partial charge in [0.05, 0.1) is 12.7 Å². The quantitative estimate of drug-likeness (QED) is 0.677. The first-order valence-electron chi connectivity index (χ1n) is 7.40. The molecule has 1 aliphatic carbocycles. The van der Waals surface area contributed by atoms with E-state index < -0.39 is 11.5 Å². The van der Waals surface area contributed by atoms with Crippen LogP contribution in [0, 0.1) is 11.8 Å². The van der Waals surface area contributed by atoms with Crippen molar-refractivity contribution in [2.75, 3.05) is 6.61 Å². The molecular formula is C15H29NO3. The number of carboxylic acids is 1. The van der Waals surface area contributed by atoms with Crippen LogP contribution in [0.1, 0.15) is 53.9 Å². The minimum Gasteiger partial charge on any atom is -0.480 e. The van der Waals surface area contributed by atoms with Crippen molar-refractivity contribution in [2.24, 2.45) is 11.8 Å². The van der Waals surface area contributed by atoms with Crippen molar-refractivity contribution in [2.45, 2.75) is 71.6 Å². The van der Waals surface area contributed by atoms with Crippen LogP contribution >= 0.6 is 0 Å². The van der Waals surface area contributed by atoms with Crippen molar-refractivity contribution in [3.63, 3.8) is 0 Å². The molecule has 4 nitrogen and oxygen atoms in total. The van der Waals surface area contributed by atoms with E-state index in [1.807, 2.05) is 20.8 Å². The highest BCUT2D eigenvalue weighted by Crippen LogP contribution is 2.40. The summed E-state index contributed by atoms with van der Waals surface area (Å²) in [5.41, 5.74) is -0.903. The molecule has 0 aromatic carbocycles. The minimum atomic E-state index is -0.903. The first-order valence-corrected chi connectivity index (χ1v) is 7.40. The predicted molar refractivity (Wildman–Crippen MR) is 76.2 cm³/mol. The molecule has 0 saturated heterocycles. The average molecular weight is 271 g/mol. The van der Waals surface area contributed by atoms with Gasteiger partial charge in [0.2, 0.25) is 0 Å². The van der Waals surface area contributed by atoms with E-state index in [2.05, 4.69) is 19.2 Å². The van der Waals surface area contributed by atoms with Gasteiger partial charge in [0, 0.05) is 6.04 Å². The van der Waals surface area contributed by atoms with E-state index >= 15 is 0 Å². The fraction of sp³-hybridized carbons (Fsp3) is 0.933. The van der Waals surface area contributed by atoms with Crippen LogP contribution in [0.5, 0.6) is 0 Å². The summed E-state index contributed by atoms with van der Waals surface area (Å²) in [7, 11) is 0. The van der Waals surface area contributed by atoms with Gasteiger partial charge in [-0.1, -0.05) is 13.8 Å². The number of rotatable bonds is 9. The van der Waals surface area contributed by atoms with Crippen LogP contribution in [0.25, 0.3) is 0 Å². The predicted octanol–water partition coefficient (Wildman–Crippen LogP) is 2.67. The summed E-state index contributed by atoms with van der Waals surface area (Å²) in [6.07, 6.45) is 3.02. The first-order chi connectivity index (χ1) is 8.78. The Morgan fingerprint density at radius 1 is 1.32 bits per heavy atom. The van der Waals surface area contributed by atoms with Crippen LogP contribution in [0.4, 0.5) is 0 Å². The van der Waals surface area contributed by atoms with E-state index in [4.69, 9.17) is 4.74 Å². The van der Waals surface area contributed by atoms with Crippen molar-refractivity contribution in [3.8, 4) is 0 Å². The Hall–Kier alpha value is -0.610. The van der Waals surface area contributed by atoms with E-state index in [0.29, 0.717) is 5.92 Å². The summed E-state index contributed by atoms with van der Waals surface area (Å²) in [5, 5.41) is 12.9. The normalized spacial score (nSPS) is 20.6. The summed E-state index contributed by atoms with van der Waals surface area (Å²) >= 11 is 0. The van der Waals surface area contributed by atoms with Crippen molar-refractivity contribution >= 4 is 5.97 Å². The number of nitrogens with one attached hydrogen (secondary N) is 1. The molecule has 0 spiro atoms. The molecule has 0 aromatic heterocycles. The third-order valence-electron chi connectivity index (χ3n) is 3.60. The first kappa shape index (κ1) is 16.4. The maximum absolute atomic E-state index is 11.7. The molecule has 0 radical (unpaired) electrons. The van der Waals surface area contributed by atoms with Gasteiger partial charge in [0.1, 0.15) is 5.54 Å². The number of hydrogen-bond donors (Lipinski definition) is 2. The molecule has 0 aromatic rings. The molecule has 0 aliphatic heterocycles. The molecule has 1 fully saturated rings. The Morgan fingerprint density at radius 3 is 2.26 bits per heavy atom. The van der Waals surface area contributed by atoms with E-state index in [1.54, 1.807) is 0 Å². The standard InChI is InChI=1S/C15H29NO3/c1-10(2)8-12(5)19-9-15(14(17)18,13-6-7-13)16-11(3)4/h10-13,16H,6-9H2,1-5H3,(H,17,18). The fourth-order valence-electron chi connectivity index (χ4n) is 2.67. The van der Waals surface area contributed by atoms with E-state index in [0.717, 1.165) is 19.3 Å². The number of aliphatic carboxylic acids is 1. The van der Waals surface area contributed by atoms with Gasteiger partial charge in [-0.25, -0.2) is 0 Å². The van der Waals surface area contributed by atoms with E-state index in [1.165, 1.54) is 0 Å². The SMILES string of the molecule is CC(C)CC(C)OCC(NC(C)C)(C(=O)O)C1CC1. The van der Waals surface area contributed by atoms with Gasteiger partial charge < -0.3 is 9.84 Å². The number of hydrogen-bond acceptors (Lipinski definition) is 3. The van der Waals surface area contributed by atoms with Crippen molar-refractivity contribution in [3.05, 3.63) is 0 Å². The van der Waals surface area contributed by atoms with Gasteiger partial charge >= 0.3 is 5.97 Å². The van der Waals surface area contributed by atoms with Gasteiger partial charge in [-0.3, -0.25) is 10.1 Å². The zero-order chi connectivity index (χ0) is 14.6. The summed E-state index contributed by atoms with van der Waals surface area (Å²) in [4.78, 5) is 11.7. The Labute approximate surface area is 116 Å². The third kappa shape index (κ3) is 4.77. The van der Waals surface area contributed by atoms with Crippen LogP contribution < -0.4 is 5.32 Å². The molecule has 1 aliphatic rings. The van der Waals surface area contributed by atoms with Gasteiger partial charge in [-0.2, -0.15) is 0 Å². The van der Waals surface area contributed by atoms with Crippen LogP contribution in [0.15, 0.2) is 0 Å². The van der Waals surface area contributed by atoms with Gasteiger partial charge in [-0.05, 0) is 51.9 Å². The molecule has 0 amide bonds. The Balaban J connectivity index is 2.66. The molecule has 112 valence electrons. The van der Waals surface area contributed by atoms with E-state index in [-0.39, 0.29) is 24.7 Å². The zero-order valence-electron chi connectivity index (χ0n) is 12.9. The lowest BCUT2D eigenvalue weighted by Crippen LogP contribution is -2.60. The monoisotopic (exact) mass is 271 g/mol. The van der Waals surface area contributed by atoms with Crippen LogP contribution in [0.3, 0.4) is 0 Å². The third-order valence-corrected chi connectivity index (χ3v) is 3.60. The highest BCUT2D eigenvalue weighted by atomic mass is 16.5. The highest BCUT2D eigenvalue weighted by molar-refractivity contribution is 5.80. The molecule has 2 N–H and O–H groups in total. The fourth-order valence-corrected chi connectivity index (χ4v) is 2.67. The number of carbonyl (C=O) groups is 1. The summed E-state index contributed by atoms with van der Waals surface area (Å²) in [6.45, 7) is 10.6. The Kier molecular flexibility index (Phi) is 5.81.